The first-order chi connectivity index (χ1) is 7.58. The maximum atomic E-state index is 11.5. The minimum Gasteiger partial charge on any atom is -0.277 e. The highest BCUT2D eigenvalue weighted by atomic mass is 16.2. The Balaban J connectivity index is 2.61. The van der Waals surface area contributed by atoms with Crippen LogP contribution in [0.15, 0.2) is 0 Å². The van der Waals surface area contributed by atoms with Crippen molar-refractivity contribution in [2.45, 2.75) is 39.5 Å². The second kappa shape index (κ2) is 5.63. The third kappa shape index (κ3) is 3.05. The highest BCUT2D eigenvalue weighted by molar-refractivity contribution is 6.16. The molecule has 2 N–H and O–H groups in total. The second-order valence-corrected chi connectivity index (χ2v) is 4.16. The molecule has 1 rings (SSSR count). The van der Waals surface area contributed by atoms with E-state index in [-0.39, 0.29) is 0 Å². The van der Waals surface area contributed by atoms with Crippen molar-refractivity contribution < 1.29 is 14.4 Å². The molecule has 0 aromatic rings. The van der Waals surface area contributed by atoms with Crippen molar-refractivity contribution in [3.8, 4) is 0 Å². The van der Waals surface area contributed by atoms with Gasteiger partial charge in [-0.15, -0.1) is 0 Å². The van der Waals surface area contributed by atoms with E-state index in [0.29, 0.717) is 12.3 Å². The quantitative estimate of drug-likeness (QED) is 0.691. The van der Waals surface area contributed by atoms with E-state index in [2.05, 4.69) is 17.6 Å². The Morgan fingerprint density at radius 1 is 1.12 bits per heavy atom. The molecule has 16 heavy (non-hydrogen) atoms. The zero-order valence-corrected chi connectivity index (χ0v) is 9.71. The largest absolute Gasteiger partial charge is 0.328 e. The van der Waals surface area contributed by atoms with Crippen molar-refractivity contribution in [1.29, 1.82) is 0 Å². The third-order valence-corrected chi connectivity index (χ3v) is 2.95. The van der Waals surface area contributed by atoms with Gasteiger partial charge in [0.05, 0.1) is 0 Å². The SMILES string of the molecule is CCC[C@@H](CC)CC1C(=O)NC(=O)NC1=O. The van der Waals surface area contributed by atoms with E-state index in [4.69, 9.17) is 0 Å². The highest BCUT2D eigenvalue weighted by Crippen LogP contribution is 2.22. The van der Waals surface area contributed by atoms with Gasteiger partial charge in [-0.25, -0.2) is 4.79 Å². The van der Waals surface area contributed by atoms with Crippen LogP contribution >= 0.6 is 0 Å². The number of hydrogen-bond donors (Lipinski definition) is 2. The summed E-state index contributed by atoms with van der Waals surface area (Å²) in [5.41, 5.74) is 0. The normalized spacial score (nSPS) is 19.2. The molecule has 1 heterocycles. The van der Waals surface area contributed by atoms with Crippen LogP contribution in [0.25, 0.3) is 0 Å². The minimum absolute atomic E-state index is 0.361. The molecule has 1 fully saturated rings. The van der Waals surface area contributed by atoms with Gasteiger partial charge in [0.15, 0.2) is 0 Å². The molecule has 0 radical (unpaired) electrons. The number of carbonyl (C=O) groups excluding carboxylic acids is 3. The van der Waals surface area contributed by atoms with Gasteiger partial charge in [0.1, 0.15) is 5.92 Å². The summed E-state index contributed by atoms with van der Waals surface area (Å²) in [7, 11) is 0. The summed E-state index contributed by atoms with van der Waals surface area (Å²) in [5, 5.41) is 4.24. The molecule has 90 valence electrons. The number of hydrogen-bond acceptors (Lipinski definition) is 3. The van der Waals surface area contributed by atoms with E-state index in [1.165, 1.54) is 0 Å². The minimum atomic E-state index is -0.714. The van der Waals surface area contributed by atoms with E-state index in [1.54, 1.807) is 0 Å². The Hall–Kier alpha value is -1.39. The van der Waals surface area contributed by atoms with E-state index in [0.717, 1.165) is 19.3 Å². The van der Waals surface area contributed by atoms with Crippen LogP contribution in [-0.2, 0) is 9.59 Å². The van der Waals surface area contributed by atoms with Crippen molar-refractivity contribution in [1.82, 2.24) is 10.6 Å². The zero-order chi connectivity index (χ0) is 12.1. The van der Waals surface area contributed by atoms with Crippen LogP contribution in [0, 0.1) is 11.8 Å². The fraction of sp³-hybridized carbons (Fsp3) is 0.727. The standard InChI is InChI=1S/C11H18N2O3/c1-3-5-7(4-2)6-8-9(14)12-11(16)13-10(8)15/h7-8H,3-6H2,1-2H3,(H2,12,13,14,15,16)/t7-/m1/s1. The number of imide groups is 2. The molecule has 0 bridgehead atoms. The topological polar surface area (TPSA) is 75.3 Å². The van der Waals surface area contributed by atoms with Gasteiger partial charge in [0.2, 0.25) is 11.8 Å². The Kier molecular flexibility index (Phi) is 4.46. The number of nitrogens with one attached hydrogen (secondary N) is 2. The molecule has 0 spiro atoms. The van der Waals surface area contributed by atoms with Gasteiger partial charge in [-0.3, -0.25) is 20.2 Å². The van der Waals surface area contributed by atoms with Gasteiger partial charge in [-0.05, 0) is 12.3 Å². The Morgan fingerprint density at radius 3 is 2.12 bits per heavy atom. The van der Waals surface area contributed by atoms with Crippen molar-refractivity contribution in [3.05, 3.63) is 0 Å². The number of carbonyl (C=O) groups is 3. The fourth-order valence-electron chi connectivity index (χ4n) is 1.99. The summed E-state index contributed by atoms with van der Waals surface area (Å²) < 4.78 is 0. The highest BCUT2D eigenvalue weighted by Gasteiger charge is 2.35. The maximum Gasteiger partial charge on any atom is 0.328 e. The lowest BCUT2D eigenvalue weighted by atomic mass is 9.87. The van der Waals surface area contributed by atoms with E-state index in [1.807, 2.05) is 6.92 Å². The van der Waals surface area contributed by atoms with Gasteiger partial charge in [0.25, 0.3) is 0 Å². The molecule has 1 saturated heterocycles. The first-order valence-electron chi connectivity index (χ1n) is 5.74. The average molecular weight is 226 g/mol. The van der Waals surface area contributed by atoms with Crippen molar-refractivity contribution in [3.63, 3.8) is 0 Å². The van der Waals surface area contributed by atoms with Crippen LogP contribution in [0.1, 0.15) is 39.5 Å². The Morgan fingerprint density at radius 2 is 1.69 bits per heavy atom. The van der Waals surface area contributed by atoms with Crippen LogP contribution in [0.5, 0.6) is 0 Å². The van der Waals surface area contributed by atoms with Crippen LogP contribution < -0.4 is 10.6 Å². The van der Waals surface area contributed by atoms with Crippen LogP contribution in [0.2, 0.25) is 0 Å². The molecule has 4 amide bonds. The summed E-state index contributed by atoms with van der Waals surface area (Å²) in [6, 6.07) is -0.713. The lowest BCUT2D eigenvalue weighted by Gasteiger charge is -2.24. The predicted molar refractivity (Wildman–Crippen MR) is 58.5 cm³/mol. The summed E-state index contributed by atoms with van der Waals surface area (Å²) in [6.07, 6.45) is 3.50. The van der Waals surface area contributed by atoms with Gasteiger partial charge in [0, 0.05) is 0 Å². The fourth-order valence-corrected chi connectivity index (χ4v) is 1.99. The lowest BCUT2D eigenvalue weighted by Crippen LogP contribution is -2.56. The lowest BCUT2D eigenvalue weighted by molar-refractivity contribution is -0.136. The smallest absolute Gasteiger partial charge is 0.277 e. The monoisotopic (exact) mass is 226 g/mol. The molecule has 0 unspecified atom stereocenters. The molecular weight excluding hydrogens is 208 g/mol. The molecule has 0 aliphatic carbocycles. The summed E-state index contributed by atoms with van der Waals surface area (Å²) in [4.78, 5) is 33.8. The van der Waals surface area contributed by atoms with E-state index >= 15 is 0 Å². The predicted octanol–water partition coefficient (Wildman–Crippen LogP) is 1.18. The molecule has 5 nitrogen and oxygen atoms in total. The third-order valence-electron chi connectivity index (χ3n) is 2.95. The maximum absolute atomic E-state index is 11.5. The summed E-state index contributed by atoms with van der Waals surface area (Å²) in [6.45, 7) is 4.12. The molecule has 1 atom stereocenters. The number of barbiturate groups is 1. The summed E-state index contributed by atoms with van der Waals surface area (Å²) in [5.74, 6) is -1.29. The van der Waals surface area contributed by atoms with E-state index in [9.17, 15) is 14.4 Å². The second-order valence-electron chi connectivity index (χ2n) is 4.16. The average Bonchev–Trinajstić information content (AvgIpc) is 2.21. The van der Waals surface area contributed by atoms with Crippen molar-refractivity contribution >= 4 is 17.8 Å². The van der Waals surface area contributed by atoms with Gasteiger partial charge in [-0.1, -0.05) is 33.1 Å². The molecule has 0 aromatic heterocycles. The number of urea groups is 1. The van der Waals surface area contributed by atoms with Gasteiger partial charge >= 0.3 is 6.03 Å². The zero-order valence-electron chi connectivity index (χ0n) is 9.71. The first kappa shape index (κ1) is 12.7. The van der Waals surface area contributed by atoms with Crippen LogP contribution in [0.4, 0.5) is 4.79 Å². The Bertz CT molecular complexity index is 282. The van der Waals surface area contributed by atoms with Crippen molar-refractivity contribution in [2.75, 3.05) is 0 Å². The number of rotatable bonds is 5. The molecule has 1 aliphatic heterocycles. The summed E-state index contributed by atoms with van der Waals surface area (Å²) >= 11 is 0. The van der Waals surface area contributed by atoms with Gasteiger partial charge in [-0.2, -0.15) is 0 Å². The Labute approximate surface area is 95.0 Å². The van der Waals surface area contributed by atoms with Gasteiger partial charge < -0.3 is 0 Å². The first-order valence-corrected chi connectivity index (χ1v) is 5.74. The molecule has 0 saturated carbocycles. The molecule has 1 aliphatic rings. The van der Waals surface area contributed by atoms with E-state index < -0.39 is 23.8 Å². The molecule has 5 heteroatoms. The van der Waals surface area contributed by atoms with Crippen LogP contribution in [0.3, 0.4) is 0 Å². The van der Waals surface area contributed by atoms with Crippen molar-refractivity contribution in [2.24, 2.45) is 11.8 Å². The molecular formula is C11H18N2O3. The molecule has 0 aromatic carbocycles. The number of amides is 4. The van der Waals surface area contributed by atoms with Crippen LogP contribution in [-0.4, -0.2) is 17.8 Å².